The standard InChI is InChI=1S/C15H17ClN4O/c1-10-7-13(19-18-10)15(21)20-6-5-17-14(9-20)11-3-2-4-12(16)8-11/h2-4,7-8,14,17H,5-6,9H2,1H3,(H,18,19)/t14-/m0/s1. The van der Waals surface area contributed by atoms with Gasteiger partial charge in [0.2, 0.25) is 0 Å². The first kappa shape index (κ1) is 14.1. The van der Waals surface area contributed by atoms with Crippen LogP contribution < -0.4 is 5.32 Å². The van der Waals surface area contributed by atoms with E-state index in [1.165, 1.54) is 0 Å². The van der Waals surface area contributed by atoms with Crippen LogP contribution in [0.5, 0.6) is 0 Å². The molecule has 2 heterocycles. The van der Waals surface area contributed by atoms with Crippen LogP contribution in [0.2, 0.25) is 5.02 Å². The van der Waals surface area contributed by atoms with Crippen molar-refractivity contribution in [3.05, 3.63) is 52.3 Å². The molecule has 0 unspecified atom stereocenters. The lowest BCUT2D eigenvalue weighted by Crippen LogP contribution is -2.48. The van der Waals surface area contributed by atoms with Gasteiger partial charge in [-0.3, -0.25) is 9.89 Å². The number of nitrogens with one attached hydrogen (secondary N) is 2. The molecule has 1 saturated heterocycles. The van der Waals surface area contributed by atoms with Crippen molar-refractivity contribution >= 4 is 17.5 Å². The average molecular weight is 305 g/mol. The number of rotatable bonds is 2. The van der Waals surface area contributed by atoms with Gasteiger partial charge >= 0.3 is 0 Å². The van der Waals surface area contributed by atoms with Gasteiger partial charge in [0.1, 0.15) is 5.69 Å². The zero-order valence-corrected chi connectivity index (χ0v) is 12.5. The number of H-pyrrole nitrogens is 1. The maximum Gasteiger partial charge on any atom is 0.274 e. The van der Waals surface area contributed by atoms with Crippen LogP contribution in [-0.4, -0.2) is 40.6 Å². The van der Waals surface area contributed by atoms with Crippen molar-refractivity contribution in [1.82, 2.24) is 20.4 Å². The number of carbonyl (C=O) groups excluding carboxylic acids is 1. The molecule has 1 aliphatic heterocycles. The van der Waals surface area contributed by atoms with Crippen molar-refractivity contribution < 1.29 is 4.79 Å². The predicted molar refractivity (Wildman–Crippen MR) is 81.4 cm³/mol. The van der Waals surface area contributed by atoms with E-state index in [4.69, 9.17) is 11.6 Å². The summed E-state index contributed by atoms with van der Waals surface area (Å²) in [7, 11) is 0. The fourth-order valence-electron chi connectivity index (χ4n) is 2.57. The summed E-state index contributed by atoms with van der Waals surface area (Å²) in [6.45, 7) is 3.94. The second kappa shape index (κ2) is 5.87. The van der Waals surface area contributed by atoms with Gasteiger partial charge in [-0.25, -0.2) is 0 Å². The Morgan fingerprint density at radius 2 is 2.29 bits per heavy atom. The van der Waals surface area contributed by atoms with Crippen LogP contribution in [0.1, 0.15) is 27.8 Å². The number of hydrogen-bond acceptors (Lipinski definition) is 3. The predicted octanol–water partition coefficient (Wildman–Crippen LogP) is 2.16. The highest BCUT2D eigenvalue weighted by molar-refractivity contribution is 6.30. The summed E-state index contributed by atoms with van der Waals surface area (Å²) in [4.78, 5) is 14.3. The molecule has 1 aromatic heterocycles. The van der Waals surface area contributed by atoms with Crippen molar-refractivity contribution in [2.24, 2.45) is 0 Å². The van der Waals surface area contributed by atoms with Crippen molar-refractivity contribution in [2.45, 2.75) is 13.0 Å². The van der Waals surface area contributed by atoms with Crippen LogP contribution in [0.25, 0.3) is 0 Å². The quantitative estimate of drug-likeness (QED) is 0.894. The summed E-state index contributed by atoms with van der Waals surface area (Å²) >= 11 is 6.04. The van der Waals surface area contributed by atoms with E-state index in [2.05, 4.69) is 15.5 Å². The van der Waals surface area contributed by atoms with Crippen molar-refractivity contribution in [3.63, 3.8) is 0 Å². The Balaban J connectivity index is 1.75. The lowest BCUT2D eigenvalue weighted by molar-refractivity contribution is 0.0697. The lowest BCUT2D eigenvalue weighted by Gasteiger charge is -2.33. The molecule has 2 N–H and O–H groups in total. The molecule has 0 radical (unpaired) electrons. The van der Waals surface area contributed by atoms with Gasteiger partial charge in [0.15, 0.2) is 0 Å². The van der Waals surface area contributed by atoms with E-state index in [1.807, 2.05) is 36.1 Å². The topological polar surface area (TPSA) is 61.0 Å². The Bertz CT molecular complexity index is 655. The van der Waals surface area contributed by atoms with Crippen molar-refractivity contribution in [2.75, 3.05) is 19.6 Å². The highest BCUT2D eigenvalue weighted by atomic mass is 35.5. The third-order valence-electron chi connectivity index (χ3n) is 3.64. The molecular formula is C15H17ClN4O. The first-order chi connectivity index (χ1) is 10.1. The Kier molecular flexibility index (Phi) is 3.94. The number of hydrogen-bond donors (Lipinski definition) is 2. The van der Waals surface area contributed by atoms with E-state index in [0.717, 1.165) is 17.8 Å². The molecule has 0 spiro atoms. The minimum Gasteiger partial charge on any atom is -0.334 e. The van der Waals surface area contributed by atoms with E-state index < -0.39 is 0 Å². The van der Waals surface area contributed by atoms with Gasteiger partial charge in [0, 0.05) is 30.4 Å². The SMILES string of the molecule is Cc1cc(C(=O)N2CCN[C@H](c3cccc(Cl)c3)C2)n[nH]1. The van der Waals surface area contributed by atoms with Gasteiger partial charge in [-0.2, -0.15) is 5.10 Å². The molecule has 0 saturated carbocycles. The number of carbonyl (C=O) groups is 1. The fourth-order valence-corrected chi connectivity index (χ4v) is 2.77. The average Bonchev–Trinajstić information content (AvgIpc) is 2.93. The van der Waals surface area contributed by atoms with Crippen LogP contribution in [0.15, 0.2) is 30.3 Å². The number of nitrogens with zero attached hydrogens (tertiary/aromatic N) is 2. The number of aromatic amines is 1. The number of aromatic nitrogens is 2. The van der Waals surface area contributed by atoms with Crippen LogP contribution >= 0.6 is 11.6 Å². The smallest absolute Gasteiger partial charge is 0.274 e. The van der Waals surface area contributed by atoms with Crippen LogP contribution in [0.3, 0.4) is 0 Å². The van der Waals surface area contributed by atoms with Crippen LogP contribution in [0.4, 0.5) is 0 Å². The molecule has 6 heteroatoms. The molecule has 1 atom stereocenters. The first-order valence-corrected chi connectivity index (χ1v) is 7.31. The number of amides is 1. The van der Waals surface area contributed by atoms with Crippen LogP contribution in [0, 0.1) is 6.92 Å². The van der Waals surface area contributed by atoms with Crippen molar-refractivity contribution in [3.8, 4) is 0 Å². The van der Waals surface area contributed by atoms with E-state index in [0.29, 0.717) is 23.8 Å². The molecule has 1 aromatic carbocycles. The van der Waals surface area contributed by atoms with Gasteiger partial charge in [-0.15, -0.1) is 0 Å². The van der Waals surface area contributed by atoms with Crippen molar-refractivity contribution in [1.29, 1.82) is 0 Å². The molecule has 1 fully saturated rings. The second-order valence-corrected chi connectivity index (χ2v) is 5.69. The molecular weight excluding hydrogens is 288 g/mol. The first-order valence-electron chi connectivity index (χ1n) is 6.93. The summed E-state index contributed by atoms with van der Waals surface area (Å²) in [6.07, 6.45) is 0. The normalized spacial score (nSPS) is 18.8. The van der Waals surface area contributed by atoms with Gasteiger partial charge in [-0.1, -0.05) is 23.7 Å². The Labute approximate surface area is 128 Å². The lowest BCUT2D eigenvalue weighted by atomic mass is 10.0. The number of piperazine rings is 1. The Morgan fingerprint density at radius 3 is 3.00 bits per heavy atom. The maximum absolute atomic E-state index is 12.4. The summed E-state index contributed by atoms with van der Waals surface area (Å²) in [5, 5.41) is 11.0. The third kappa shape index (κ3) is 3.09. The van der Waals surface area contributed by atoms with Crippen LogP contribution in [-0.2, 0) is 0 Å². The summed E-state index contributed by atoms with van der Waals surface area (Å²) in [6, 6.07) is 9.61. The number of aryl methyl sites for hydroxylation is 1. The monoisotopic (exact) mass is 304 g/mol. The Hall–Kier alpha value is -1.85. The molecule has 0 bridgehead atoms. The summed E-state index contributed by atoms with van der Waals surface area (Å²) < 4.78 is 0. The summed E-state index contributed by atoms with van der Waals surface area (Å²) in [5.41, 5.74) is 2.46. The molecule has 0 aliphatic carbocycles. The fraction of sp³-hybridized carbons (Fsp3) is 0.333. The van der Waals surface area contributed by atoms with E-state index in [9.17, 15) is 4.79 Å². The highest BCUT2D eigenvalue weighted by Gasteiger charge is 2.26. The van der Waals surface area contributed by atoms with Gasteiger partial charge in [0.05, 0.1) is 6.04 Å². The van der Waals surface area contributed by atoms with E-state index in [1.54, 1.807) is 6.07 Å². The second-order valence-electron chi connectivity index (χ2n) is 5.25. The number of benzene rings is 1. The Morgan fingerprint density at radius 1 is 1.43 bits per heavy atom. The third-order valence-corrected chi connectivity index (χ3v) is 3.87. The zero-order chi connectivity index (χ0) is 14.8. The minimum atomic E-state index is -0.0344. The zero-order valence-electron chi connectivity index (χ0n) is 11.8. The minimum absolute atomic E-state index is 0.0344. The van der Waals surface area contributed by atoms with Gasteiger partial charge < -0.3 is 10.2 Å². The molecule has 5 nitrogen and oxygen atoms in total. The molecule has 3 rings (SSSR count). The highest BCUT2D eigenvalue weighted by Crippen LogP contribution is 2.21. The van der Waals surface area contributed by atoms with Gasteiger partial charge in [0.25, 0.3) is 5.91 Å². The summed E-state index contributed by atoms with van der Waals surface area (Å²) in [5.74, 6) is -0.0344. The molecule has 2 aromatic rings. The van der Waals surface area contributed by atoms with E-state index >= 15 is 0 Å². The molecule has 1 amide bonds. The largest absolute Gasteiger partial charge is 0.334 e. The molecule has 21 heavy (non-hydrogen) atoms. The van der Waals surface area contributed by atoms with Gasteiger partial charge in [-0.05, 0) is 30.7 Å². The maximum atomic E-state index is 12.4. The molecule has 110 valence electrons. The van der Waals surface area contributed by atoms with E-state index in [-0.39, 0.29) is 11.9 Å². The number of halogens is 1. The molecule has 1 aliphatic rings.